The molecular formula is C20H21N3O4S2. The average Bonchev–Trinajstić information content (AvgIpc) is 2.72. The summed E-state index contributed by atoms with van der Waals surface area (Å²) in [4.78, 5) is 17.0. The lowest BCUT2D eigenvalue weighted by atomic mass is 10.2. The molecule has 9 heteroatoms. The molecule has 1 heterocycles. The third kappa shape index (κ3) is 4.87. The Balaban J connectivity index is 1.73. The van der Waals surface area contributed by atoms with Gasteiger partial charge in [0.15, 0.2) is 0 Å². The van der Waals surface area contributed by atoms with Crippen LogP contribution in [-0.4, -0.2) is 50.6 Å². The van der Waals surface area contributed by atoms with Crippen molar-refractivity contribution in [3.8, 4) is 5.75 Å². The zero-order valence-corrected chi connectivity index (χ0v) is 17.9. The Kier molecular flexibility index (Phi) is 6.41. The normalized spacial score (nSPS) is 11.6. The van der Waals surface area contributed by atoms with Gasteiger partial charge in [0.1, 0.15) is 5.75 Å². The number of carbonyl (C=O) groups excluding carboxylic acids is 1. The van der Waals surface area contributed by atoms with E-state index < -0.39 is 10.0 Å². The molecule has 0 radical (unpaired) electrons. The topological polar surface area (TPSA) is 88.6 Å². The second-order valence-corrected chi connectivity index (χ2v) is 9.48. The van der Waals surface area contributed by atoms with E-state index in [0.717, 1.165) is 20.2 Å². The van der Waals surface area contributed by atoms with Gasteiger partial charge in [-0.05, 0) is 30.3 Å². The first-order chi connectivity index (χ1) is 13.8. The minimum absolute atomic E-state index is 0.0717. The Morgan fingerprint density at radius 1 is 1.14 bits per heavy atom. The number of anilines is 1. The van der Waals surface area contributed by atoms with Crippen LogP contribution in [-0.2, 0) is 14.8 Å². The molecule has 0 aliphatic heterocycles. The fourth-order valence-corrected chi connectivity index (χ4v) is 4.22. The molecule has 0 aliphatic rings. The van der Waals surface area contributed by atoms with Gasteiger partial charge in [0.2, 0.25) is 15.9 Å². The Hall–Kier alpha value is -2.62. The minimum atomic E-state index is -3.62. The monoisotopic (exact) mass is 431 g/mol. The number of thioether (sulfide) groups is 1. The van der Waals surface area contributed by atoms with Crippen LogP contribution >= 0.6 is 11.8 Å². The molecule has 0 bridgehead atoms. The summed E-state index contributed by atoms with van der Waals surface area (Å²) >= 11 is 1.30. The van der Waals surface area contributed by atoms with Crippen LogP contribution in [0, 0.1) is 0 Å². The number of benzene rings is 2. The summed E-state index contributed by atoms with van der Waals surface area (Å²) in [5, 5.41) is 4.49. The molecule has 0 aliphatic carbocycles. The number of pyridine rings is 1. The van der Waals surface area contributed by atoms with Crippen molar-refractivity contribution in [3.05, 3.63) is 54.6 Å². The van der Waals surface area contributed by atoms with E-state index in [1.54, 1.807) is 0 Å². The highest BCUT2D eigenvalue weighted by atomic mass is 32.2. The van der Waals surface area contributed by atoms with Crippen LogP contribution in [0.2, 0.25) is 0 Å². The van der Waals surface area contributed by atoms with Gasteiger partial charge in [-0.3, -0.25) is 4.79 Å². The zero-order valence-electron chi connectivity index (χ0n) is 16.2. The molecule has 29 heavy (non-hydrogen) atoms. The number of nitrogens with zero attached hydrogens (tertiary/aromatic N) is 2. The predicted octanol–water partition coefficient (Wildman–Crippen LogP) is 3.22. The Morgan fingerprint density at radius 2 is 1.90 bits per heavy atom. The van der Waals surface area contributed by atoms with Crippen molar-refractivity contribution in [1.82, 2.24) is 9.29 Å². The van der Waals surface area contributed by atoms with Gasteiger partial charge in [0.25, 0.3) is 0 Å². The molecule has 0 fully saturated rings. The molecule has 1 aromatic heterocycles. The molecule has 7 nitrogen and oxygen atoms in total. The van der Waals surface area contributed by atoms with Crippen LogP contribution in [0.1, 0.15) is 0 Å². The summed E-state index contributed by atoms with van der Waals surface area (Å²) in [6, 6.07) is 15.9. The number of aromatic nitrogens is 1. The highest BCUT2D eigenvalue weighted by Crippen LogP contribution is 2.29. The van der Waals surface area contributed by atoms with Crippen LogP contribution in [0.3, 0.4) is 0 Å². The Bertz CT molecular complexity index is 1150. The van der Waals surface area contributed by atoms with E-state index >= 15 is 0 Å². The summed E-state index contributed by atoms with van der Waals surface area (Å²) in [6.45, 7) is 0. The van der Waals surface area contributed by atoms with Crippen molar-refractivity contribution in [1.29, 1.82) is 0 Å². The molecule has 0 spiro atoms. The first-order valence-electron chi connectivity index (χ1n) is 8.70. The lowest BCUT2D eigenvalue weighted by Crippen LogP contribution is -2.22. The second-order valence-electron chi connectivity index (χ2n) is 6.33. The summed E-state index contributed by atoms with van der Waals surface area (Å²) < 4.78 is 31.1. The number of para-hydroxylation sites is 1. The third-order valence-corrected chi connectivity index (χ3v) is 6.89. The van der Waals surface area contributed by atoms with Gasteiger partial charge >= 0.3 is 0 Å². The number of amides is 1. The Labute approximate surface area is 174 Å². The number of hydrogen-bond acceptors (Lipinski definition) is 6. The lowest BCUT2D eigenvalue weighted by Gasteiger charge is -2.15. The zero-order chi connectivity index (χ0) is 21.0. The smallest absolute Gasteiger partial charge is 0.242 e. The molecular weight excluding hydrogens is 410 g/mol. The van der Waals surface area contributed by atoms with Crippen LogP contribution in [0.5, 0.6) is 5.75 Å². The molecule has 3 aromatic rings. The van der Waals surface area contributed by atoms with Gasteiger partial charge < -0.3 is 10.1 Å². The highest BCUT2D eigenvalue weighted by Gasteiger charge is 2.20. The molecule has 0 saturated heterocycles. The van der Waals surface area contributed by atoms with Crippen LogP contribution in [0.25, 0.3) is 10.9 Å². The molecule has 0 unspecified atom stereocenters. The van der Waals surface area contributed by atoms with E-state index in [9.17, 15) is 13.2 Å². The van der Waals surface area contributed by atoms with E-state index in [1.807, 2.05) is 36.4 Å². The van der Waals surface area contributed by atoms with Crippen molar-refractivity contribution >= 4 is 44.3 Å². The molecule has 0 atom stereocenters. The summed E-state index contributed by atoms with van der Waals surface area (Å²) in [7, 11) is 0.731. The Morgan fingerprint density at radius 3 is 2.62 bits per heavy atom. The number of ether oxygens (including phenoxy) is 1. The van der Waals surface area contributed by atoms with Gasteiger partial charge in [0.05, 0.1) is 34.0 Å². The largest absolute Gasteiger partial charge is 0.495 e. The third-order valence-electron chi connectivity index (χ3n) is 4.15. The molecule has 2 aromatic carbocycles. The van der Waals surface area contributed by atoms with Crippen LogP contribution in [0.15, 0.2) is 64.5 Å². The minimum Gasteiger partial charge on any atom is -0.495 e. The molecule has 1 N–H and O–H groups in total. The predicted molar refractivity (Wildman–Crippen MR) is 115 cm³/mol. The van der Waals surface area contributed by atoms with E-state index in [0.29, 0.717) is 11.4 Å². The number of nitrogens with one attached hydrogen (secondary N) is 1. The van der Waals surface area contributed by atoms with Gasteiger partial charge in [-0.15, -0.1) is 0 Å². The van der Waals surface area contributed by atoms with Crippen molar-refractivity contribution < 1.29 is 17.9 Å². The highest BCUT2D eigenvalue weighted by molar-refractivity contribution is 7.99. The van der Waals surface area contributed by atoms with Crippen molar-refractivity contribution in [2.45, 2.75) is 9.92 Å². The van der Waals surface area contributed by atoms with E-state index in [1.165, 1.54) is 51.2 Å². The lowest BCUT2D eigenvalue weighted by molar-refractivity contribution is -0.113. The van der Waals surface area contributed by atoms with E-state index in [2.05, 4.69) is 10.3 Å². The maximum absolute atomic E-state index is 12.4. The maximum atomic E-state index is 12.4. The number of rotatable bonds is 7. The fourth-order valence-electron chi connectivity index (χ4n) is 2.61. The number of hydrogen-bond donors (Lipinski definition) is 1. The van der Waals surface area contributed by atoms with Crippen LogP contribution in [0.4, 0.5) is 5.69 Å². The van der Waals surface area contributed by atoms with E-state index in [-0.39, 0.29) is 16.6 Å². The maximum Gasteiger partial charge on any atom is 0.242 e. The summed E-state index contributed by atoms with van der Waals surface area (Å²) in [5.74, 6) is 0.214. The average molecular weight is 432 g/mol. The summed E-state index contributed by atoms with van der Waals surface area (Å²) in [5.41, 5.74) is 1.16. The van der Waals surface area contributed by atoms with Gasteiger partial charge in [-0.2, -0.15) is 0 Å². The van der Waals surface area contributed by atoms with Gasteiger partial charge in [-0.1, -0.05) is 36.0 Å². The van der Waals surface area contributed by atoms with Crippen molar-refractivity contribution in [3.63, 3.8) is 0 Å². The van der Waals surface area contributed by atoms with Crippen molar-refractivity contribution in [2.24, 2.45) is 0 Å². The second kappa shape index (κ2) is 8.81. The summed E-state index contributed by atoms with van der Waals surface area (Å²) in [6.07, 6.45) is 0. The number of carbonyl (C=O) groups is 1. The SMILES string of the molecule is COc1ccc(S(=O)(=O)N(C)C)cc1NC(=O)CSc1ccc2ccccc2n1. The molecule has 0 saturated carbocycles. The molecule has 152 valence electrons. The van der Waals surface area contributed by atoms with Crippen LogP contribution < -0.4 is 10.1 Å². The van der Waals surface area contributed by atoms with Gasteiger partial charge in [-0.25, -0.2) is 17.7 Å². The molecule has 1 amide bonds. The number of fused-ring (bicyclic) bond motifs is 1. The van der Waals surface area contributed by atoms with E-state index in [4.69, 9.17) is 4.74 Å². The molecule has 3 rings (SSSR count). The van der Waals surface area contributed by atoms with Gasteiger partial charge in [0, 0.05) is 19.5 Å². The van der Waals surface area contributed by atoms with Crippen molar-refractivity contribution in [2.75, 3.05) is 32.3 Å². The first kappa shape index (κ1) is 21.1. The number of methoxy groups -OCH3 is 1. The number of sulfonamides is 1. The fraction of sp³-hybridized carbons (Fsp3) is 0.200. The quantitative estimate of drug-likeness (QED) is 0.578. The first-order valence-corrected chi connectivity index (χ1v) is 11.1. The standard InChI is InChI=1S/C20H21N3O4S2/c1-23(2)29(25,26)15-9-10-18(27-3)17(12-15)21-19(24)13-28-20-11-8-14-6-4-5-7-16(14)22-20/h4-12H,13H2,1-3H3,(H,21,24).